The van der Waals surface area contributed by atoms with Crippen LogP contribution in [0.5, 0.6) is 0 Å². The molecule has 172 valence electrons. The van der Waals surface area contributed by atoms with Crippen LogP contribution in [0.4, 0.5) is 0 Å². The van der Waals surface area contributed by atoms with Crippen molar-refractivity contribution in [2.45, 2.75) is 82.8 Å². The van der Waals surface area contributed by atoms with E-state index in [1.165, 1.54) is 38.5 Å². The van der Waals surface area contributed by atoms with Gasteiger partial charge in [-0.3, -0.25) is 9.35 Å². The summed E-state index contributed by atoms with van der Waals surface area (Å²) in [6.07, 6.45) is 9.90. The van der Waals surface area contributed by atoms with Crippen LogP contribution < -0.4 is 34.7 Å². The van der Waals surface area contributed by atoms with Gasteiger partial charge in [0, 0.05) is 12.4 Å². The van der Waals surface area contributed by atoms with E-state index >= 15 is 0 Å². The standard InChI is InChI=1S/C16H30O7S.C6H6.Na/c1-2-3-4-5-6-7-8-9-10-11-12-23-16(19)14(13-15(17)18)24(20,21)22;1-2-4-6-5-3-1;/h14H,2-13H2,1H3,(H,17,18)(H,20,21,22);1-6H;/q;;+1/p-1. The summed E-state index contributed by atoms with van der Waals surface area (Å²) >= 11 is 0. The van der Waals surface area contributed by atoms with Gasteiger partial charge in [0.1, 0.15) is 0 Å². The van der Waals surface area contributed by atoms with Gasteiger partial charge in [-0.05, 0) is 6.42 Å². The second kappa shape index (κ2) is 20.9. The van der Waals surface area contributed by atoms with Gasteiger partial charge in [0.05, 0.1) is 6.61 Å². The van der Waals surface area contributed by atoms with Crippen LogP contribution in [0.25, 0.3) is 0 Å². The Morgan fingerprint density at radius 3 is 1.58 bits per heavy atom. The Morgan fingerprint density at radius 2 is 1.23 bits per heavy atom. The molecule has 0 aliphatic heterocycles. The van der Waals surface area contributed by atoms with Gasteiger partial charge in [0.2, 0.25) is 0 Å². The summed E-state index contributed by atoms with van der Waals surface area (Å²) in [5.74, 6) is -2.99. The van der Waals surface area contributed by atoms with Crippen LogP contribution in [0, 0.1) is 0 Å². The zero-order valence-corrected chi connectivity index (χ0v) is 21.6. The summed E-state index contributed by atoms with van der Waals surface area (Å²) in [5.41, 5.74) is 0. The smallest absolute Gasteiger partial charge is 0.550 e. The van der Waals surface area contributed by atoms with Gasteiger partial charge in [0.25, 0.3) is 10.1 Å². The van der Waals surface area contributed by atoms with E-state index in [1.54, 1.807) is 0 Å². The average Bonchev–Trinajstić information content (AvgIpc) is 2.71. The minimum atomic E-state index is -4.82. The summed E-state index contributed by atoms with van der Waals surface area (Å²) in [6, 6.07) is 12.0. The predicted molar refractivity (Wildman–Crippen MR) is 114 cm³/mol. The van der Waals surface area contributed by atoms with Gasteiger partial charge in [-0.1, -0.05) is 101 Å². The Kier molecular flexibility index (Phi) is 21.8. The summed E-state index contributed by atoms with van der Waals surface area (Å²) in [7, 11) is -4.82. The van der Waals surface area contributed by atoms with Crippen molar-refractivity contribution >= 4 is 22.1 Å². The number of aliphatic carboxylic acids is 1. The van der Waals surface area contributed by atoms with E-state index in [0.29, 0.717) is 6.42 Å². The van der Waals surface area contributed by atoms with E-state index in [-0.39, 0.29) is 36.2 Å². The first-order valence-electron chi connectivity index (χ1n) is 10.6. The molecule has 9 heteroatoms. The van der Waals surface area contributed by atoms with Crippen LogP contribution >= 0.6 is 0 Å². The normalized spacial score (nSPS) is 11.4. The molecule has 0 radical (unpaired) electrons. The first-order valence-corrected chi connectivity index (χ1v) is 12.1. The Balaban J connectivity index is 0. The molecule has 0 spiro atoms. The predicted octanol–water partition coefficient (Wildman–Crippen LogP) is 0.538. The molecule has 31 heavy (non-hydrogen) atoms. The van der Waals surface area contributed by atoms with Crippen molar-refractivity contribution in [2.24, 2.45) is 0 Å². The van der Waals surface area contributed by atoms with Crippen molar-refractivity contribution in [2.75, 3.05) is 6.61 Å². The first-order chi connectivity index (χ1) is 14.3. The fourth-order valence-electron chi connectivity index (χ4n) is 2.70. The third-order valence-electron chi connectivity index (χ3n) is 4.38. The maximum Gasteiger partial charge on any atom is 1.00 e. The third kappa shape index (κ3) is 20.7. The van der Waals surface area contributed by atoms with Crippen molar-refractivity contribution in [1.29, 1.82) is 0 Å². The molecule has 1 aromatic rings. The molecule has 0 saturated carbocycles. The Labute approximate surface area is 209 Å². The summed E-state index contributed by atoms with van der Waals surface area (Å²) in [6.45, 7) is 2.19. The van der Waals surface area contributed by atoms with Crippen LogP contribution in [0.1, 0.15) is 77.6 Å². The van der Waals surface area contributed by atoms with E-state index < -0.39 is 33.7 Å². The van der Waals surface area contributed by atoms with Crippen molar-refractivity contribution < 1.29 is 62.0 Å². The molecule has 0 saturated heterocycles. The number of ether oxygens (including phenoxy) is 1. The SMILES string of the molecule is CCCCCCCCCCCCOC(=O)C(CC(=O)[O-])S(=O)(=O)O.[Na+].c1ccccc1. The maximum atomic E-state index is 11.5. The monoisotopic (exact) mass is 466 g/mol. The molecule has 0 aliphatic rings. The number of unbranched alkanes of at least 4 members (excludes halogenated alkanes) is 9. The molecule has 0 aliphatic carbocycles. The molecule has 1 aromatic carbocycles. The van der Waals surface area contributed by atoms with Crippen molar-refractivity contribution in [3.63, 3.8) is 0 Å². The van der Waals surface area contributed by atoms with Gasteiger partial charge >= 0.3 is 35.5 Å². The molecule has 0 bridgehead atoms. The molecule has 1 N–H and O–H groups in total. The van der Waals surface area contributed by atoms with Crippen molar-refractivity contribution in [3.05, 3.63) is 36.4 Å². The van der Waals surface area contributed by atoms with Gasteiger partial charge < -0.3 is 14.6 Å². The van der Waals surface area contributed by atoms with E-state index in [9.17, 15) is 23.1 Å². The topological polar surface area (TPSA) is 121 Å². The molecule has 1 atom stereocenters. The number of carboxylic acids is 1. The second-order valence-electron chi connectivity index (χ2n) is 7.08. The number of carbonyl (C=O) groups is 2. The number of carboxylic acid groups (broad SMARTS) is 1. The van der Waals surface area contributed by atoms with Gasteiger partial charge in [-0.15, -0.1) is 0 Å². The van der Waals surface area contributed by atoms with Gasteiger partial charge in [0.15, 0.2) is 5.25 Å². The number of carbonyl (C=O) groups excluding carboxylic acids is 2. The maximum absolute atomic E-state index is 11.5. The zero-order valence-electron chi connectivity index (χ0n) is 18.8. The fourth-order valence-corrected chi connectivity index (χ4v) is 3.36. The quantitative estimate of drug-likeness (QED) is 0.173. The second-order valence-corrected chi connectivity index (χ2v) is 8.68. The molecule has 7 nitrogen and oxygen atoms in total. The Morgan fingerprint density at radius 1 is 0.839 bits per heavy atom. The van der Waals surface area contributed by atoms with Crippen LogP contribution in [-0.2, 0) is 24.4 Å². The number of rotatable bonds is 15. The van der Waals surface area contributed by atoms with Crippen LogP contribution in [0.2, 0.25) is 0 Å². The first kappa shape index (κ1) is 32.3. The minimum Gasteiger partial charge on any atom is -0.550 e. The number of benzene rings is 1. The van der Waals surface area contributed by atoms with Crippen LogP contribution in [0.15, 0.2) is 36.4 Å². The minimum absolute atomic E-state index is 0. The number of esters is 1. The zero-order chi connectivity index (χ0) is 22.7. The molecular formula is C22H35NaO7S. The molecule has 1 rings (SSSR count). The molecular weight excluding hydrogens is 431 g/mol. The van der Waals surface area contributed by atoms with Gasteiger partial charge in [-0.25, -0.2) is 0 Å². The molecule has 0 aromatic heterocycles. The van der Waals surface area contributed by atoms with E-state index in [0.717, 1.165) is 19.3 Å². The van der Waals surface area contributed by atoms with E-state index in [4.69, 9.17) is 9.29 Å². The van der Waals surface area contributed by atoms with Crippen LogP contribution in [0.3, 0.4) is 0 Å². The number of hydrogen-bond acceptors (Lipinski definition) is 6. The van der Waals surface area contributed by atoms with Crippen molar-refractivity contribution in [1.82, 2.24) is 0 Å². The molecule has 0 amide bonds. The fraction of sp³-hybridized carbons (Fsp3) is 0.636. The summed E-state index contributed by atoms with van der Waals surface area (Å²) in [4.78, 5) is 22.0. The molecule has 1 unspecified atom stereocenters. The third-order valence-corrected chi connectivity index (χ3v) is 5.46. The summed E-state index contributed by atoms with van der Waals surface area (Å²) < 4.78 is 35.5. The Hall–Kier alpha value is -0.930. The molecule has 0 fully saturated rings. The molecule has 0 heterocycles. The number of hydrogen-bond donors (Lipinski definition) is 1. The van der Waals surface area contributed by atoms with Gasteiger partial charge in [-0.2, -0.15) is 8.42 Å². The summed E-state index contributed by atoms with van der Waals surface area (Å²) in [5, 5.41) is 8.31. The largest absolute Gasteiger partial charge is 1.00 e. The Bertz CT molecular complexity index is 639. The van der Waals surface area contributed by atoms with Crippen LogP contribution in [-0.4, -0.2) is 36.8 Å². The van der Waals surface area contributed by atoms with E-state index in [2.05, 4.69) is 6.92 Å². The van der Waals surface area contributed by atoms with E-state index in [1.807, 2.05) is 36.4 Å². The van der Waals surface area contributed by atoms with Crippen molar-refractivity contribution in [3.8, 4) is 0 Å². The average molecular weight is 467 g/mol.